The molecule has 0 bridgehead atoms. The van der Waals surface area contributed by atoms with Gasteiger partial charge in [0.2, 0.25) is 0 Å². The summed E-state index contributed by atoms with van der Waals surface area (Å²) in [5, 5.41) is 2.98. The molecule has 0 radical (unpaired) electrons. The first-order valence-electron chi connectivity index (χ1n) is 6.96. The van der Waals surface area contributed by atoms with Gasteiger partial charge in [-0.1, -0.05) is 17.7 Å². The SMILES string of the molecule is COc1ccc(NC(=O)c2c(C)cc(C)cc2C)c(C)c1. The molecule has 0 saturated carbocycles. The first-order chi connectivity index (χ1) is 9.92. The van der Waals surface area contributed by atoms with Gasteiger partial charge in [0.05, 0.1) is 7.11 Å². The Kier molecular flexibility index (Phi) is 4.32. The molecule has 0 unspecified atom stereocenters. The molecule has 0 spiro atoms. The lowest BCUT2D eigenvalue weighted by molar-refractivity contribution is 0.102. The Bertz CT molecular complexity index is 667. The minimum absolute atomic E-state index is 0.0710. The van der Waals surface area contributed by atoms with Crippen molar-refractivity contribution in [3.63, 3.8) is 0 Å². The Balaban J connectivity index is 2.30. The van der Waals surface area contributed by atoms with E-state index in [9.17, 15) is 4.79 Å². The second-order valence-electron chi connectivity index (χ2n) is 5.41. The van der Waals surface area contributed by atoms with E-state index in [0.29, 0.717) is 0 Å². The molecular formula is C18H21NO2. The van der Waals surface area contributed by atoms with Crippen molar-refractivity contribution < 1.29 is 9.53 Å². The lowest BCUT2D eigenvalue weighted by Gasteiger charge is -2.13. The van der Waals surface area contributed by atoms with E-state index in [4.69, 9.17) is 4.74 Å². The van der Waals surface area contributed by atoms with Gasteiger partial charge >= 0.3 is 0 Å². The van der Waals surface area contributed by atoms with Crippen LogP contribution in [0.25, 0.3) is 0 Å². The van der Waals surface area contributed by atoms with E-state index in [1.165, 1.54) is 5.56 Å². The zero-order chi connectivity index (χ0) is 15.6. The van der Waals surface area contributed by atoms with Crippen molar-refractivity contribution in [2.24, 2.45) is 0 Å². The van der Waals surface area contributed by atoms with E-state index in [0.717, 1.165) is 33.7 Å². The summed E-state index contributed by atoms with van der Waals surface area (Å²) in [7, 11) is 1.63. The lowest BCUT2D eigenvalue weighted by atomic mass is 9.99. The van der Waals surface area contributed by atoms with Gasteiger partial charge in [0, 0.05) is 11.3 Å². The maximum absolute atomic E-state index is 12.5. The molecule has 0 saturated heterocycles. The number of nitrogens with one attached hydrogen (secondary N) is 1. The van der Waals surface area contributed by atoms with Gasteiger partial charge in [-0.2, -0.15) is 0 Å². The zero-order valence-electron chi connectivity index (χ0n) is 13.2. The van der Waals surface area contributed by atoms with Gasteiger partial charge in [-0.05, 0) is 62.6 Å². The van der Waals surface area contributed by atoms with E-state index in [1.807, 2.05) is 58.0 Å². The van der Waals surface area contributed by atoms with Gasteiger partial charge in [-0.15, -0.1) is 0 Å². The summed E-state index contributed by atoms with van der Waals surface area (Å²) in [6, 6.07) is 9.68. The van der Waals surface area contributed by atoms with E-state index < -0.39 is 0 Å². The second-order valence-corrected chi connectivity index (χ2v) is 5.41. The number of carbonyl (C=O) groups is 1. The summed E-state index contributed by atoms with van der Waals surface area (Å²) in [6.45, 7) is 7.92. The van der Waals surface area contributed by atoms with Crippen molar-refractivity contribution >= 4 is 11.6 Å². The van der Waals surface area contributed by atoms with Crippen LogP contribution in [0.5, 0.6) is 5.75 Å². The normalized spacial score (nSPS) is 10.3. The van der Waals surface area contributed by atoms with Gasteiger partial charge in [-0.25, -0.2) is 0 Å². The number of benzene rings is 2. The number of rotatable bonds is 3. The monoisotopic (exact) mass is 283 g/mol. The molecule has 2 aromatic rings. The number of hydrogen-bond donors (Lipinski definition) is 1. The average molecular weight is 283 g/mol. The van der Waals surface area contributed by atoms with Crippen LogP contribution < -0.4 is 10.1 Å². The first-order valence-corrected chi connectivity index (χ1v) is 6.96. The maximum Gasteiger partial charge on any atom is 0.256 e. The molecule has 2 aromatic carbocycles. The van der Waals surface area contributed by atoms with E-state index in [1.54, 1.807) is 7.11 Å². The lowest BCUT2D eigenvalue weighted by Crippen LogP contribution is -2.16. The van der Waals surface area contributed by atoms with Crippen LogP contribution in [0, 0.1) is 27.7 Å². The molecule has 21 heavy (non-hydrogen) atoms. The summed E-state index contributed by atoms with van der Waals surface area (Å²) < 4.78 is 5.18. The molecule has 0 aromatic heterocycles. The molecule has 3 heteroatoms. The zero-order valence-corrected chi connectivity index (χ0v) is 13.2. The largest absolute Gasteiger partial charge is 0.497 e. The predicted molar refractivity (Wildman–Crippen MR) is 86.3 cm³/mol. The average Bonchev–Trinajstić information content (AvgIpc) is 2.39. The number of ether oxygens (including phenoxy) is 1. The third-order valence-corrected chi connectivity index (χ3v) is 3.59. The van der Waals surface area contributed by atoms with Gasteiger partial charge < -0.3 is 10.1 Å². The van der Waals surface area contributed by atoms with Crippen LogP contribution in [0.1, 0.15) is 32.6 Å². The first kappa shape index (κ1) is 15.1. The number of methoxy groups -OCH3 is 1. The summed E-state index contributed by atoms with van der Waals surface area (Å²) in [5.74, 6) is 0.714. The van der Waals surface area contributed by atoms with Crippen molar-refractivity contribution in [3.8, 4) is 5.75 Å². The Morgan fingerprint density at radius 1 is 0.952 bits per heavy atom. The predicted octanol–water partition coefficient (Wildman–Crippen LogP) is 4.18. The minimum atomic E-state index is -0.0710. The number of anilines is 1. The molecule has 2 rings (SSSR count). The molecule has 0 aliphatic rings. The number of amides is 1. The van der Waals surface area contributed by atoms with Gasteiger partial charge in [-0.3, -0.25) is 4.79 Å². The van der Waals surface area contributed by atoms with E-state index >= 15 is 0 Å². The highest BCUT2D eigenvalue weighted by Gasteiger charge is 2.14. The summed E-state index contributed by atoms with van der Waals surface area (Å²) >= 11 is 0. The third-order valence-electron chi connectivity index (χ3n) is 3.59. The highest BCUT2D eigenvalue weighted by atomic mass is 16.5. The molecule has 0 aliphatic carbocycles. The fourth-order valence-electron chi connectivity index (χ4n) is 2.63. The van der Waals surface area contributed by atoms with Crippen LogP contribution in [-0.2, 0) is 0 Å². The summed E-state index contributed by atoms with van der Waals surface area (Å²) in [6.07, 6.45) is 0. The number of hydrogen-bond acceptors (Lipinski definition) is 2. The van der Waals surface area contributed by atoms with Crippen LogP contribution in [0.3, 0.4) is 0 Å². The van der Waals surface area contributed by atoms with E-state index in [2.05, 4.69) is 5.32 Å². The molecule has 1 amide bonds. The second kappa shape index (κ2) is 6.00. The molecule has 0 aliphatic heterocycles. The maximum atomic E-state index is 12.5. The molecule has 0 heterocycles. The molecule has 3 nitrogen and oxygen atoms in total. The van der Waals surface area contributed by atoms with Gasteiger partial charge in [0.25, 0.3) is 5.91 Å². The quantitative estimate of drug-likeness (QED) is 0.917. The summed E-state index contributed by atoms with van der Waals surface area (Å²) in [5.41, 5.74) is 5.69. The molecule has 110 valence electrons. The standard InChI is InChI=1S/C18H21NO2/c1-11-8-13(3)17(14(4)9-11)18(20)19-16-7-6-15(21-5)10-12(16)2/h6-10H,1-5H3,(H,19,20). The van der Waals surface area contributed by atoms with Crippen molar-refractivity contribution in [2.45, 2.75) is 27.7 Å². The smallest absolute Gasteiger partial charge is 0.256 e. The molecular weight excluding hydrogens is 262 g/mol. The number of carbonyl (C=O) groups excluding carboxylic acids is 1. The highest BCUT2D eigenvalue weighted by Crippen LogP contribution is 2.23. The van der Waals surface area contributed by atoms with Crippen molar-refractivity contribution in [2.75, 3.05) is 12.4 Å². The van der Waals surface area contributed by atoms with Crippen molar-refractivity contribution in [3.05, 3.63) is 58.1 Å². The number of aryl methyl sites for hydroxylation is 4. The Labute approximate surface area is 126 Å². The van der Waals surface area contributed by atoms with Crippen LogP contribution in [0.15, 0.2) is 30.3 Å². The van der Waals surface area contributed by atoms with Crippen LogP contribution in [0.2, 0.25) is 0 Å². The fraction of sp³-hybridized carbons (Fsp3) is 0.278. The van der Waals surface area contributed by atoms with E-state index in [-0.39, 0.29) is 5.91 Å². The van der Waals surface area contributed by atoms with Gasteiger partial charge in [0.15, 0.2) is 0 Å². The topological polar surface area (TPSA) is 38.3 Å². The highest BCUT2D eigenvalue weighted by molar-refractivity contribution is 6.06. The third kappa shape index (κ3) is 3.24. The Morgan fingerprint density at radius 3 is 2.10 bits per heavy atom. The molecule has 0 fully saturated rings. The molecule has 1 N–H and O–H groups in total. The van der Waals surface area contributed by atoms with Gasteiger partial charge in [0.1, 0.15) is 5.75 Å². The fourth-order valence-corrected chi connectivity index (χ4v) is 2.63. The van der Waals surface area contributed by atoms with Crippen molar-refractivity contribution in [1.82, 2.24) is 0 Å². The minimum Gasteiger partial charge on any atom is -0.497 e. The molecule has 0 atom stereocenters. The Morgan fingerprint density at radius 2 is 1.57 bits per heavy atom. The van der Waals surface area contributed by atoms with Crippen LogP contribution in [0.4, 0.5) is 5.69 Å². The van der Waals surface area contributed by atoms with Crippen molar-refractivity contribution in [1.29, 1.82) is 0 Å². The Hall–Kier alpha value is -2.29. The van der Waals surface area contributed by atoms with Crippen LogP contribution >= 0.6 is 0 Å². The summed E-state index contributed by atoms with van der Waals surface area (Å²) in [4.78, 5) is 12.5. The van der Waals surface area contributed by atoms with Crippen LogP contribution in [-0.4, -0.2) is 13.0 Å².